The van der Waals surface area contributed by atoms with Crippen LogP contribution in [-0.4, -0.2) is 33.5 Å². The van der Waals surface area contributed by atoms with Crippen molar-refractivity contribution in [3.8, 4) is 0 Å². The van der Waals surface area contributed by atoms with Crippen LogP contribution in [0.25, 0.3) is 0 Å². The van der Waals surface area contributed by atoms with Crippen molar-refractivity contribution < 1.29 is 13.2 Å². The first-order valence-corrected chi connectivity index (χ1v) is 6.69. The fourth-order valence-corrected chi connectivity index (χ4v) is 2.60. The Bertz CT molecular complexity index is 402. The molecule has 1 fully saturated rings. The minimum absolute atomic E-state index is 0.198. The van der Waals surface area contributed by atoms with E-state index in [0.29, 0.717) is 25.3 Å². The number of aromatic nitrogens is 3. The van der Waals surface area contributed by atoms with Gasteiger partial charge in [-0.15, -0.1) is 0 Å². The summed E-state index contributed by atoms with van der Waals surface area (Å²) < 4.78 is 40.7. The van der Waals surface area contributed by atoms with Crippen molar-refractivity contribution in [2.75, 3.05) is 6.54 Å². The lowest BCUT2D eigenvalue weighted by Crippen LogP contribution is -2.49. The van der Waals surface area contributed by atoms with Gasteiger partial charge in [0.1, 0.15) is 12.2 Å². The molecule has 2 heterocycles. The van der Waals surface area contributed by atoms with Gasteiger partial charge in [0.25, 0.3) is 0 Å². The first-order valence-electron chi connectivity index (χ1n) is 6.69. The summed E-state index contributed by atoms with van der Waals surface area (Å²) in [7, 11) is 0. The van der Waals surface area contributed by atoms with Gasteiger partial charge in [0.2, 0.25) is 0 Å². The molecule has 2 atom stereocenters. The molecule has 1 aromatic rings. The summed E-state index contributed by atoms with van der Waals surface area (Å²) in [6.07, 6.45) is -0.795. The molecule has 2 unspecified atom stereocenters. The van der Waals surface area contributed by atoms with Gasteiger partial charge in [-0.25, -0.2) is 4.98 Å². The van der Waals surface area contributed by atoms with Crippen molar-refractivity contribution in [3.05, 3.63) is 12.2 Å². The van der Waals surface area contributed by atoms with Gasteiger partial charge in [-0.05, 0) is 25.8 Å². The third-order valence-corrected chi connectivity index (χ3v) is 3.54. The van der Waals surface area contributed by atoms with Crippen LogP contribution in [-0.2, 0) is 13.0 Å². The van der Waals surface area contributed by atoms with E-state index < -0.39 is 18.1 Å². The van der Waals surface area contributed by atoms with Crippen LogP contribution in [0.4, 0.5) is 13.2 Å². The maximum atomic E-state index is 13.0. The van der Waals surface area contributed by atoms with Gasteiger partial charge in [-0.2, -0.15) is 18.3 Å². The molecule has 1 N–H and O–H groups in total. The SMILES string of the molecule is CCCn1ncnc1CC1NCCCC1C(F)(F)F. The fraction of sp³-hybridized carbons (Fsp3) is 0.833. The molecule has 19 heavy (non-hydrogen) atoms. The Labute approximate surface area is 110 Å². The summed E-state index contributed by atoms with van der Waals surface area (Å²) >= 11 is 0. The molecule has 0 bridgehead atoms. The lowest BCUT2D eigenvalue weighted by Gasteiger charge is -2.33. The Hall–Kier alpha value is -1.11. The molecule has 7 heteroatoms. The number of piperidine rings is 1. The third-order valence-electron chi connectivity index (χ3n) is 3.54. The molecule has 1 aromatic heterocycles. The number of nitrogens with zero attached hydrogens (tertiary/aromatic N) is 3. The number of rotatable bonds is 4. The van der Waals surface area contributed by atoms with E-state index in [0.717, 1.165) is 6.42 Å². The maximum absolute atomic E-state index is 13.0. The lowest BCUT2D eigenvalue weighted by molar-refractivity contribution is -0.188. The smallest absolute Gasteiger partial charge is 0.313 e. The highest BCUT2D eigenvalue weighted by Crippen LogP contribution is 2.35. The highest BCUT2D eigenvalue weighted by atomic mass is 19.4. The van der Waals surface area contributed by atoms with E-state index in [1.54, 1.807) is 4.68 Å². The predicted molar refractivity (Wildman–Crippen MR) is 64.6 cm³/mol. The lowest BCUT2D eigenvalue weighted by atomic mass is 9.88. The van der Waals surface area contributed by atoms with Gasteiger partial charge in [-0.3, -0.25) is 4.68 Å². The molecule has 0 amide bonds. The first kappa shape index (κ1) is 14.3. The molecule has 1 aliphatic rings. The van der Waals surface area contributed by atoms with Crippen LogP contribution in [0.3, 0.4) is 0 Å². The fourth-order valence-electron chi connectivity index (χ4n) is 2.60. The Morgan fingerprint density at radius 2 is 2.26 bits per heavy atom. The molecular weight excluding hydrogens is 257 g/mol. The van der Waals surface area contributed by atoms with Crippen LogP contribution in [0.1, 0.15) is 32.0 Å². The second-order valence-corrected chi connectivity index (χ2v) is 4.95. The second kappa shape index (κ2) is 5.90. The Balaban J connectivity index is 2.09. The summed E-state index contributed by atoms with van der Waals surface area (Å²) in [5.41, 5.74) is 0. The topological polar surface area (TPSA) is 42.7 Å². The Morgan fingerprint density at radius 1 is 1.47 bits per heavy atom. The van der Waals surface area contributed by atoms with Crippen LogP contribution in [0.15, 0.2) is 6.33 Å². The molecule has 0 spiro atoms. The van der Waals surface area contributed by atoms with Crippen molar-refractivity contribution in [2.24, 2.45) is 5.92 Å². The Morgan fingerprint density at radius 3 is 2.95 bits per heavy atom. The quantitative estimate of drug-likeness (QED) is 0.916. The number of halogens is 3. The van der Waals surface area contributed by atoms with Crippen LogP contribution >= 0.6 is 0 Å². The molecule has 4 nitrogen and oxygen atoms in total. The number of alkyl halides is 3. The number of aryl methyl sites for hydroxylation is 1. The average Bonchev–Trinajstić information content (AvgIpc) is 2.77. The summed E-state index contributed by atoms with van der Waals surface area (Å²) in [6, 6.07) is -0.589. The van der Waals surface area contributed by atoms with E-state index in [1.807, 2.05) is 6.92 Å². The second-order valence-electron chi connectivity index (χ2n) is 4.95. The van der Waals surface area contributed by atoms with E-state index in [1.165, 1.54) is 6.33 Å². The third kappa shape index (κ3) is 3.46. The van der Waals surface area contributed by atoms with Crippen LogP contribution < -0.4 is 5.32 Å². The molecule has 1 saturated heterocycles. The monoisotopic (exact) mass is 276 g/mol. The van der Waals surface area contributed by atoms with E-state index in [-0.39, 0.29) is 12.8 Å². The van der Waals surface area contributed by atoms with Crippen molar-refractivity contribution in [1.82, 2.24) is 20.1 Å². The van der Waals surface area contributed by atoms with Crippen LogP contribution in [0, 0.1) is 5.92 Å². The van der Waals surface area contributed by atoms with Crippen molar-refractivity contribution in [1.29, 1.82) is 0 Å². The normalized spacial score (nSPS) is 24.6. The van der Waals surface area contributed by atoms with Crippen molar-refractivity contribution in [2.45, 2.75) is 51.4 Å². The average molecular weight is 276 g/mol. The van der Waals surface area contributed by atoms with Gasteiger partial charge in [0.15, 0.2) is 0 Å². The minimum atomic E-state index is -4.15. The predicted octanol–water partition coefficient (Wildman–Crippen LogP) is 2.16. The van der Waals surface area contributed by atoms with Crippen molar-refractivity contribution in [3.63, 3.8) is 0 Å². The van der Waals surface area contributed by atoms with Crippen LogP contribution in [0.2, 0.25) is 0 Å². The van der Waals surface area contributed by atoms with E-state index in [9.17, 15) is 13.2 Å². The van der Waals surface area contributed by atoms with E-state index >= 15 is 0 Å². The van der Waals surface area contributed by atoms with Crippen LogP contribution in [0.5, 0.6) is 0 Å². The highest BCUT2D eigenvalue weighted by Gasteiger charge is 2.45. The molecule has 0 saturated carbocycles. The highest BCUT2D eigenvalue weighted by molar-refractivity contribution is 4.95. The van der Waals surface area contributed by atoms with Gasteiger partial charge >= 0.3 is 6.18 Å². The zero-order valence-electron chi connectivity index (χ0n) is 11.0. The van der Waals surface area contributed by atoms with Gasteiger partial charge in [-0.1, -0.05) is 6.92 Å². The van der Waals surface area contributed by atoms with Gasteiger partial charge in [0, 0.05) is 19.0 Å². The summed E-state index contributed by atoms with van der Waals surface area (Å²) in [5.74, 6) is -0.650. The molecule has 0 aromatic carbocycles. The largest absolute Gasteiger partial charge is 0.393 e. The number of hydrogen-bond acceptors (Lipinski definition) is 3. The van der Waals surface area contributed by atoms with Gasteiger partial charge < -0.3 is 5.32 Å². The summed E-state index contributed by atoms with van der Waals surface area (Å²) in [5, 5.41) is 7.04. The molecule has 2 rings (SSSR count). The summed E-state index contributed by atoms with van der Waals surface area (Å²) in [6.45, 7) is 3.33. The molecule has 1 aliphatic heterocycles. The van der Waals surface area contributed by atoms with Crippen molar-refractivity contribution >= 4 is 0 Å². The number of hydrogen-bond donors (Lipinski definition) is 1. The zero-order valence-corrected chi connectivity index (χ0v) is 11.0. The molecule has 0 radical (unpaired) electrons. The molecular formula is C12H19F3N4. The zero-order chi connectivity index (χ0) is 13.9. The van der Waals surface area contributed by atoms with E-state index in [4.69, 9.17) is 0 Å². The maximum Gasteiger partial charge on any atom is 0.393 e. The van der Waals surface area contributed by atoms with Gasteiger partial charge in [0.05, 0.1) is 5.92 Å². The number of nitrogens with one attached hydrogen (secondary N) is 1. The molecule has 108 valence electrons. The Kier molecular flexibility index (Phi) is 4.44. The standard InChI is InChI=1S/C12H19F3N4/c1-2-6-19-11(17-8-18-19)7-10-9(12(13,14)15)4-3-5-16-10/h8-10,16H,2-7H2,1H3. The van der Waals surface area contributed by atoms with E-state index in [2.05, 4.69) is 15.4 Å². The minimum Gasteiger partial charge on any atom is -0.313 e. The summed E-state index contributed by atoms with van der Waals surface area (Å²) in [4.78, 5) is 4.09. The first-order chi connectivity index (χ1) is 9.02. The molecule has 0 aliphatic carbocycles.